The lowest BCUT2D eigenvalue weighted by molar-refractivity contribution is 0.461. The second-order valence-corrected chi connectivity index (χ2v) is 4.13. The van der Waals surface area contributed by atoms with E-state index < -0.39 is 0 Å². The van der Waals surface area contributed by atoms with Gasteiger partial charge >= 0.3 is 0 Å². The smallest absolute Gasteiger partial charge is 0.221 e. The Kier molecular flexibility index (Phi) is 2.98. The van der Waals surface area contributed by atoms with E-state index in [-0.39, 0.29) is 0 Å². The number of aromatic nitrogens is 3. The fourth-order valence-corrected chi connectivity index (χ4v) is 1.80. The highest BCUT2D eigenvalue weighted by Gasteiger charge is 2.04. The molecule has 0 saturated heterocycles. The minimum atomic E-state index is 0.554. The molecule has 4 nitrogen and oxygen atoms in total. The van der Waals surface area contributed by atoms with Gasteiger partial charge in [0.05, 0.1) is 0 Å². The van der Waals surface area contributed by atoms with Crippen molar-refractivity contribution in [3.63, 3.8) is 0 Å². The number of nitrogens with zero attached hydrogens (tertiary/aromatic N) is 3. The molecule has 0 N–H and O–H groups in total. The summed E-state index contributed by atoms with van der Waals surface area (Å²) in [7, 11) is 0. The predicted molar refractivity (Wildman–Crippen MR) is 72.6 cm³/mol. The Bertz CT molecular complexity index is 677. The van der Waals surface area contributed by atoms with Crippen molar-refractivity contribution in [2.45, 2.75) is 6.92 Å². The molecule has 0 amide bonds. The summed E-state index contributed by atoms with van der Waals surface area (Å²) in [6.07, 6.45) is 1.75. The molecule has 0 fully saturated rings. The van der Waals surface area contributed by atoms with Gasteiger partial charge in [-0.3, -0.25) is 0 Å². The molecule has 0 aliphatic heterocycles. The average Bonchev–Trinajstić information content (AvgIpc) is 2.86. The zero-order chi connectivity index (χ0) is 13.1. The third-order valence-corrected chi connectivity index (χ3v) is 2.72. The largest absolute Gasteiger partial charge is 0.439 e. The van der Waals surface area contributed by atoms with Crippen LogP contribution in [0.4, 0.5) is 0 Å². The van der Waals surface area contributed by atoms with Gasteiger partial charge in [-0.05, 0) is 31.2 Å². The SMILES string of the molecule is Cc1ccnn1-c1cccc(Oc2ccccc2)n1. The molecular formula is C15H13N3O. The molecule has 0 unspecified atom stereocenters. The van der Waals surface area contributed by atoms with Crippen LogP contribution in [0.2, 0.25) is 0 Å². The van der Waals surface area contributed by atoms with E-state index in [0.29, 0.717) is 5.88 Å². The van der Waals surface area contributed by atoms with Crippen LogP contribution >= 0.6 is 0 Å². The molecular weight excluding hydrogens is 238 g/mol. The van der Waals surface area contributed by atoms with Gasteiger partial charge in [-0.1, -0.05) is 24.3 Å². The Labute approximate surface area is 111 Å². The number of ether oxygens (including phenoxy) is 1. The Hall–Kier alpha value is -2.62. The Morgan fingerprint density at radius 3 is 2.53 bits per heavy atom. The van der Waals surface area contributed by atoms with Gasteiger partial charge in [0.1, 0.15) is 5.75 Å². The van der Waals surface area contributed by atoms with Crippen LogP contribution in [0.25, 0.3) is 5.82 Å². The molecule has 0 spiro atoms. The molecule has 1 aromatic carbocycles. The molecule has 0 atom stereocenters. The summed E-state index contributed by atoms with van der Waals surface area (Å²) in [4.78, 5) is 4.45. The van der Waals surface area contributed by atoms with Crippen LogP contribution in [0.5, 0.6) is 11.6 Å². The summed E-state index contributed by atoms with van der Waals surface area (Å²) >= 11 is 0. The molecule has 0 aliphatic carbocycles. The second-order valence-electron chi connectivity index (χ2n) is 4.13. The van der Waals surface area contributed by atoms with Crippen molar-refractivity contribution in [1.29, 1.82) is 0 Å². The molecule has 0 aliphatic rings. The van der Waals surface area contributed by atoms with E-state index in [2.05, 4.69) is 10.1 Å². The van der Waals surface area contributed by atoms with Crippen molar-refractivity contribution in [2.24, 2.45) is 0 Å². The number of rotatable bonds is 3. The Morgan fingerprint density at radius 2 is 1.79 bits per heavy atom. The lowest BCUT2D eigenvalue weighted by Gasteiger charge is -2.07. The molecule has 4 heteroatoms. The normalized spacial score (nSPS) is 10.4. The number of hydrogen-bond acceptors (Lipinski definition) is 3. The van der Waals surface area contributed by atoms with Crippen molar-refractivity contribution >= 4 is 0 Å². The molecule has 0 radical (unpaired) electrons. The monoisotopic (exact) mass is 251 g/mol. The van der Waals surface area contributed by atoms with Gasteiger partial charge in [-0.15, -0.1) is 0 Å². The fourth-order valence-electron chi connectivity index (χ4n) is 1.80. The molecule has 0 saturated carbocycles. The predicted octanol–water partition coefficient (Wildman–Crippen LogP) is 3.37. The zero-order valence-corrected chi connectivity index (χ0v) is 10.5. The van der Waals surface area contributed by atoms with Gasteiger partial charge in [-0.25, -0.2) is 4.68 Å². The number of aryl methyl sites for hydroxylation is 1. The minimum Gasteiger partial charge on any atom is -0.439 e. The molecule has 2 heterocycles. The van der Waals surface area contributed by atoms with Crippen LogP contribution in [0, 0.1) is 6.92 Å². The van der Waals surface area contributed by atoms with Crippen LogP contribution in [0.1, 0.15) is 5.69 Å². The van der Waals surface area contributed by atoms with E-state index in [4.69, 9.17) is 4.74 Å². The summed E-state index contributed by atoms with van der Waals surface area (Å²) in [5.74, 6) is 2.07. The van der Waals surface area contributed by atoms with Crippen LogP contribution in [-0.4, -0.2) is 14.8 Å². The number of para-hydroxylation sites is 1. The van der Waals surface area contributed by atoms with Crippen molar-refractivity contribution < 1.29 is 4.74 Å². The van der Waals surface area contributed by atoms with Gasteiger partial charge in [0.25, 0.3) is 0 Å². The van der Waals surface area contributed by atoms with Gasteiger partial charge in [-0.2, -0.15) is 10.1 Å². The highest BCUT2D eigenvalue weighted by molar-refractivity contribution is 5.31. The topological polar surface area (TPSA) is 39.9 Å². The van der Waals surface area contributed by atoms with Crippen molar-refractivity contribution in [3.05, 3.63) is 66.5 Å². The summed E-state index contributed by atoms with van der Waals surface area (Å²) < 4.78 is 7.48. The van der Waals surface area contributed by atoms with Crippen molar-refractivity contribution in [3.8, 4) is 17.4 Å². The minimum absolute atomic E-state index is 0.554. The average molecular weight is 251 g/mol. The van der Waals surface area contributed by atoms with Crippen LogP contribution < -0.4 is 4.74 Å². The number of benzene rings is 1. The number of pyridine rings is 1. The third kappa shape index (κ3) is 2.47. The van der Waals surface area contributed by atoms with E-state index in [9.17, 15) is 0 Å². The Balaban J connectivity index is 1.91. The fraction of sp³-hybridized carbons (Fsp3) is 0.0667. The van der Waals surface area contributed by atoms with E-state index in [1.165, 1.54) is 0 Å². The molecule has 0 bridgehead atoms. The van der Waals surface area contributed by atoms with E-state index in [1.807, 2.05) is 61.5 Å². The van der Waals surface area contributed by atoms with Crippen molar-refractivity contribution in [1.82, 2.24) is 14.8 Å². The molecule has 94 valence electrons. The first kappa shape index (κ1) is 11.5. The van der Waals surface area contributed by atoms with Gasteiger partial charge in [0, 0.05) is 18.0 Å². The first-order valence-electron chi connectivity index (χ1n) is 6.04. The first-order chi connectivity index (χ1) is 9.33. The van der Waals surface area contributed by atoms with Crippen LogP contribution in [-0.2, 0) is 0 Å². The maximum atomic E-state index is 5.70. The maximum absolute atomic E-state index is 5.70. The quantitative estimate of drug-likeness (QED) is 0.716. The molecule has 19 heavy (non-hydrogen) atoms. The Morgan fingerprint density at radius 1 is 0.947 bits per heavy atom. The van der Waals surface area contributed by atoms with E-state index >= 15 is 0 Å². The third-order valence-electron chi connectivity index (χ3n) is 2.72. The van der Waals surface area contributed by atoms with Crippen LogP contribution in [0.3, 0.4) is 0 Å². The summed E-state index contributed by atoms with van der Waals surface area (Å²) in [5.41, 5.74) is 1.03. The lowest BCUT2D eigenvalue weighted by Crippen LogP contribution is -2.02. The standard InChI is InChI=1S/C15H13N3O/c1-12-10-11-16-18(12)14-8-5-9-15(17-14)19-13-6-3-2-4-7-13/h2-11H,1H3. The van der Waals surface area contributed by atoms with Crippen LogP contribution in [0.15, 0.2) is 60.8 Å². The lowest BCUT2D eigenvalue weighted by atomic mass is 10.3. The van der Waals surface area contributed by atoms with Gasteiger partial charge < -0.3 is 4.74 Å². The van der Waals surface area contributed by atoms with Gasteiger partial charge in [0.2, 0.25) is 5.88 Å². The highest BCUT2D eigenvalue weighted by Crippen LogP contribution is 2.20. The number of hydrogen-bond donors (Lipinski definition) is 0. The maximum Gasteiger partial charge on any atom is 0.221 e. The summed E-state index contributed by atoms with van der Waals surface area (Å²) in [6.45, 7) is 1.99. The second kappa shape index (κ2) is 4.94. The first-order valence-corrected chi connectivity index (χ1v) is 6.04. The van der Waals surface area contributed by atoms with Gasteiger partial charge in [0.15, 0.2) is 5.82 Å². The summed E-state index contributed by atoms with van der Waals surface area (Å²) in [5, 5.41) is 4.23. The zero-order valence-electron chi connectivity index (χ0n) is 10.5. The highest BCUT2D eigenvalue weighted by atomic mass is 16.5. The van der Waals surface area contributed by atoms with Crippen molar-refractivity contribution in [2.75, 3.05) is 0 Å². The van der Waals surface area contributed by atoms with E-state index in [1.54, 1.807) is 10.9 Å². The summed E-state index contributed by atoms with van der Waals surface area (Å²) in [6, 6.07) is 17.2. The molecule has 3 aromatic rings. The van der Waals surface area contributed by atoms with E-state index in [0.717, 1.165) is 17.3 Å². The molecule has 2 aromatic heterocycles. The molecule has 3 rings (SSSR count).